The molecular weight excluding hydrogens is 1090 g/mol. The van der Waals surface area contributed by atoms with E-state index in [0.29, 0.717) is 22.6 Å². The zero-order chi connectivity index (χ0) is 54.3. The van der Waals surface area contributed by atoms with E-state index in [4.69, 9.17) is 24.5 Å². The zero-order valence-electron chi connectivity index (χ0n) is 40.5. The average Bonchev–Trinajstić information content (AvgIpc) is 4.07. The van der Waals surface area contributed by atoms with E-state index in [0.717, 1.165) is 110 Å². The van der Waals surface area contributed by atoms with Gasteiger partial charge in [0.2, 0.25) is 11.3 Å². The molecule has 0 radical (unpaired) electrons. The lowest BCUT2D eigenvalue weighted by Crippen LogP contribution is -2.45. The maximum Gasteiger partial charge on any atom is 0.488 e. The van der Waals surface area contributed by atoms with Crippen LogP contribution in [-0.4, -0.2) is 131 Å². The van der Waals surface area contributed by atoms with Crippen molar-refractivity contribution in [3.05, 3.63) is 102 Å². The number of aromatic carboxylic acids is 1. The van der Waals surface area contributed by atoms with Crippen molar-refractivity contribution >= 4 is 80.5 Å². The van der Waals surface area contributed by atoms with Gasteiger partial charge in [0.05, 0.1) is 24.1 Å². The SMILES string of the molecule is Nc1nc2c(ncn2[C@@H]2O[C@H](COP(=O)(O)OP(=O)(O)OP(O)(O)=S)[C@@H](O)[C@H]2OC(=O)NCCNC(=O)c2ccc(C(=O)O)c(C3=c4cc5c6c(c4Oc4c3cc3c7c4CCCN7CCC3)CCC[N+]=6CCC5)c2)c(=O)[nH]1. The molecule has 6 atom stereocenters. The Morgan fingerprint density at radius 3 is 2.40 bits per heavy atom. The summed E-state index contributed by atoms with van der Waals surface area (Å²) in [4.78, 5) is 104. The number of alkyl carbamates (subject to hydrolysis) is 1. The van der Waals surface area contributed by atoms with E-state index in [-0.39, 0.29) is 41.3 Å². The van der Waals surface area contributed by atoms with Crippen molar-refractivity contribution in [2.24, 2.45) is 0 Å². The van der Waals surface area contributed by atoms with Gasteiger partial charge in [-0.2, -0.15) is 9.29 Å². The number of hydrogen-bond donors (Lipinski definition) is 10. The molecule has 408 valence electrons. The number of aliphatic hydroxyl groups is 1. The van der Waals surface area contributed by atoms with Crippen LogP contribution in [0, 0.1) is 0 Å². The second-order valence-electron chi connectivity index (χ2n) is 19.2. The topological polar surface area (TPSA) is 382 Å². The molecule has 0 bridgehead atoms. The predicted octanol–water partition coefficient (Wildman–Crippen LogP) is 1.08. The van der Waals surface area contributed by atoms with Crippen LogP contribution in [0.3, 0.4) is 0 Å². The normalized spacial score (nSPS) is 21.9. The number of anilines is 2. The Hall–Kier alpha value is -5.96. The molecule has 11 N–H and O–H groups in total. The van der Waals surface area contributed by atoms with E-state index in [1.165, 1.54) is 34.3 Å². The van der Waals surface area contributed by atoms with Gasteiger partial charge in [0.25, 0.3) is 11.5 Å². The molecule has 3 aromatic carbocycles. The van der Waals surface area contributed by atoms with Crippen LogP contribution in [0.25, 0.3) is 16.7 Å². The molecule has 11 rings (SSSR count). The fourth-order valence-electron chi connectivity index (χ4n) is 11.3. The number of phosphoric acid groups is 2. The van der Waals surface area contributed by atoms with Crippen LogP contribution in [0.2, 0.25) is 0 Å². The largest absolute Gasteiger partial charge is 0.488 e. The molecule has 1 saturated heterocycles. The Balaban J connectivity index is 0.841. The minimum Gasteiger partial charge on any atom is -0.478 e. The van der Waals surface area contributed by atoms with Crippen molar-refractivity contribution in [1.29, 1.82) is 0 Å². The number of carbonyl (C=O) groups is 3. The molecule has 1 fully saturated rings. The quantitative estimate of drug-likeness (QED) is 0.0391. The number of aliphatic hydroxyl groups excluding tert-OH is 1. The van der Waals surface area contributed by atoms with Crippen molar-refractivity contribution in [1.82, 2.24) is 34.7 Å². The van der Waals surface area contributed by atoms with Crippen molar-refractivity contribution in [2.75, 3.05) is 56.5 Å². The van der Waals surface area contributed by atoms with Crippen LogP contribution < -0.4 is 46.7 Å². The number of fused-ring (bicyclic) bond motifs is 5. The molecule has 0 spiro atoms. The van der Waals surface area contributed by atoms with Gasteiger partial charge in [-0.25, -0.2) is 32.6 Å². The number of nitrogens with one attached hydrogen (secondary N) is 3. The lowest BCUT2D eigenvalue weighted by molar-refractivity contribution is -0.0522. The number of aromatic nitrogens is 4. The highest BCUT2D eigenvalue weighted by Gasteiger charge is 2.50. The highest BCUT2D eigenvalue weighted by atomic mass is 32.5. The lowest BCUT2D eigenvalue weighted by Gasteiger charge is -2.39. The summed E-state index contributed by atoms with van der Waals surface area (Å²) in [6.07, 6.45) is 0.0236. The number of imidazole rings is 1. The summed E-state index contributed by atoms with van der Waals surface area (Å²) in [6.45, 7) is -2.67. The minimum absolute atomic E-state index is 0.00410. The van der Waals surface area contributed by atoms with E-state index in [2.05, 4.69) is 67.6 Å². The second kappa shape index (κ2) is 20.4. The first kappa shape index (κ1) is 53.1. The molecule has 27 nitrogen and oxygen atoms in total. The third-order valence-corrected chi connectivity index (χ3v) is 18.7. The zero-order valence-corrected chi connectivity index (χ0v) is 44.0. The highest BCUT2D eigenvalue weighted by molar-refractivity contribution is 8.08. The Morgan fingerprint density at radius 2 is 1.64 bits per heavy atom. The maximum atomic E-state index is 14.1. The molecule has 6 aliphatic heterocycles. The Morgan fingerprint density at radius 1 is 0.909 bits per heavy atom. The summed E-state index contributed by atoms with van der Waals surface area (Å²) in [6, 6.07) is 8.70. The standard InChI is InChI=1S/C46H50N9O18P3S/c47-45-51-40-33(42(58)52-45)50-21-55(40)43-39(36(56)31(69-43)20-68-74(62,63)72-75(64,65)73-76(66,67)77)71-46(61)49-12-11-48-41(57)24-9-10-25(44(59)60)28(19-24)32-29-17-22-5-1-13-53-15-3-7-26(34(22)53)37(29)70-38-27-8-4-16-54-14-2-6-23(35(27)54)18-30(32)38/h9-10,17-19,21,31,36,39,43,56H,1-8,11-16,20H2,(H9-,47,48,49,51,52,57,58,59,60,61,62,63,64,65,66,67,77)/p+1/t31-,36-,39-,43-/m1/s1. The van der Waals surface area contributed by atoms with Crippen molar-refractivity contribution < 1.29 is 80.7 Å². The number of nitrogen functional groups attached to an aromatic ring is 1. The number of nitrogens with two attached hydrogens (primary N) is 1. The average molecular weight is 1140 g/mol. The van der Waals surface area contributed by atoms with Crippen LogP contribution in [0.5, 0.6) is 11.5 Å². The number of aryl methyl sites for hydroxylation is 2. The van der Waals surface area contributed by atoms with Gasteiger partial charge in [-0.1, -0.05) is 0 Å². The molecule has 5 aromatic rings. The molecule has 2 aromatic heterocycles. The Kier molecular flexibility index (Phi) is 14.0. The van der Waals surface area contributed by atoms with E-state index < -0.39 is 77.0 Å². The van der Waals surface area contributed by atoms with Crippen LogP contribution in [0.15, 0.2) is 41.5 Å². The van der Waals surface area contributed by atoms with E-state index in [1.54, 1.807) is 6.07 Å². The summed E-state index contributed by atoms with van der Waals surface area (Å²) >= 11 is 4.10. The number of carbonyl (C=O) groups excluding carboxylic acids is 2. The highest BCUT2D eigenvalue weighted by Crippen LogP contribution is 2.66. The number of nitrogens with zero attached hydrogens (tertiary/aromatic N) is 5. The number of carboxylic acid groups (broad SMARTS) is 1. The first-order valence-corrected chi connectivity index (χ1v) is 30.1. The number of benzene rings is 3. The molecular formula is C46H51N9O18P3S+. The number of hydrogen-bond acceptors (Lipinski definition) is 18. The van der Waals surface area contributed by atoms with E-state index in [1.807, 2.05) is 0 Å². The molecule has 77 heavy (non-hydrogen) atoms. The number of carboxylic acids is 1. The summed E-state index contributed by atoms with van der Waals surface area (Å²) in [5.74, 6) is -0.693. The fraction of sp³-hybridized carbons (Fsp3) is 0.413. The summed E-state index contributed by atoms with van der Waals surface area (Å²) in [5.41, 5.74) is 12.2. The molecule has 6 aliphatic rings. The van der Waals surface area contributed by atoms with Crippen molar-refractivity contribution in [2.45, 2.75) is 75.9 Å². The van der Waals surface area contributed by atoms with Crippen LogP contribution in [0.1, 0.15) is 86.0 Å². The third-order valence-electron chi connectivity index (χ3n) is 14.2. The smallest absolute Gasteiger partial charge is 0.478 e. The van der Waals surface area contributed by atoms with Crippen LogP contribution >= 0.6 is 22.4 Å². The predicted molar refractivity (Wildman–Crippen MR) is 273 cm³/mol. The van der Waals surface area contributed by atoms with Gasteiger partial charge in [-0.05, 0) is 91.8 Å². The fourth-order valence-corrected chi connectivity index (χ4v) is 15.1. The first-order valence-electron chi connectivity index (χ1n) is 24.5. The molecule has 2 amide bonds. The van der Waals surface area contributed by atoms with Gasteiger partial charge in [0.15, 0.2) is 23.5 Å². The first-order chi connectivity index (χ1) is 36.6. The number of aromatic amines is 1. The number of phosphoric ester groups is 1. The van der Waals surface area contributed by atoms with Gasteiger partial charge in [-0.3, -0.25) is 23.7 Å². The number of H-pyrrole nitrogens is 1. The molecule has 8 heterocycles. The lowest BCUT2D eigenvalue weighted by atomic mass is 9.81. The Labute approximate surface area is 440 Å². The second-order valence-corrected chi connectivity index (χ2v) is 25.0. The van der Waals surface area contributed by atoms with Gasteiger partial charge in [0, 0.05) is 77.8 Å². The van der Waals surface area contributed by atoms with Crippen LogP contribution in [0.4, 0.5) is 16.4 Å². The van der Waals surface area contributed by atoms with Gasteiger partial charge in [-0.15, -0.1) is 0 Å². The maximum absolute atomic E-state index is 14.1. The number of rotatable bonds is 15. The van der Waals surface area contributed by atoms with Crippen molar-refractivity contribution in [3.63, 3.8) is 0 Å². The third kappa shape index (κ3) is 10.3. The Bertz CT molecular complexity index is 3680. The van der Waals surface area contributed by atoms with Crippen molar-refractivity contribution in [3.8, 4) is 11.5 Å². The number of ether oxygens (including phenoxy) is 3. The summed E-state index contributed by atoms with van der Waals surface area (Å²) in [5, 5.41) is 29.3. The molecule has 0 saturated carbocycles. The molecule has 0 aliphatic carbocycles. The number of amides is 2. The van der Waals surface area contributed by atoms with Gasteiger partial charge < -0.3 is 65.3 Å². The minimum atomic E-state index is -5.71. The molecule has 2 unspecified atom stereocenters. The van der Waals surface area contributed by atoms with Crippen LogP contribution in [-0.2, 0) is 69.2 Å². The summed E-state index contributed by atoms with van der Waals surface area (Å²) in [7, 11) is -11.3. The van der Waals surface area contributed by atoms with Gasteiger partial charge >= 0.3 is 34.4 Å². The molecule has 31 heteroatoms. The van der Waals surface area contributed by atoms with E-state index in [9.17, 15) is 58.1 Å². The summed E-state index contributed by atoms with van der Waals surface area (Å²) < 4.78 is 59.4. The van der Waals surface area contributed by atoms with Gasteiger partial charge in [0.1, 0.15) is 36.8 Å². The monoisotopic (exact) mass is 1140 g/mol. The van der Waals surface area contributed by atoms with E-state index >= 15 is 0 Å².